The van der Waals surface area contributed by atoms with Crippen molar-refractivity contribution in [2.24, 2.45) is 10.2 Å². The Morgan fingerprint density at radius 3 is 1.41 bits per heavy atom. The van der Waals surface area contributed by atoms with Crippen molar-refractivity contribution >= 4 is 11.4 Å². The molecule has 4 nitrogen and oxygen atoms in total. The monoisotopic (exact) mass is 296 g/mol. The van der Waals surface area contributed by atoms with Crippen molar-refractivity contribution in [3.8, 4) is 11.5 Å². The quantitative estimate of drug-likeness (QED) is 0.665. The van der Waals surface area contributed by atoms with E-state index in [1.165, 1.54) is 0 Å². The summed E-state index contributed by atoms with van der Waals surface area (Å²) in [6.07, 6.45) is 0. The lowest BCUT2D eigenvalue weighted by molar-refractivity contribution is 0.473. The molecule has 0 spiro atoms. The predicted octanol–water partition coefficient (Wildman–Crippen LogP) is 3.95. The Balaban J connectivity index is 2.32. The molecule has 0 unspecified atom stereocenters. The van der Waals surface area contributed by atoms with Gasteiger partial charge in [-0.15, -0.1) is 0 Å². The first-order valence-electron chi connectivity index (χ1n) is 7.07. The lowest BCUT2D eigenvalue weighted by atomic mass is 10.1. The number of aromatic hydroxyl groups is 2. The molecule has 0 aliphatic heterocycles. The molecule has 0 saturated carbocycles. The lowest BCUT2D eigenvalue weighted by Gasteiger charge is -2.05. The largest absolute Gasteiger partial charge is 0.507 e. The third kappa shape index (κ3) is 3.52. The summed E-state index contributed by atoms with van der Waals surface area (Å²) in [4.78, 5) is 0. The highest BCUT2D eigenvalue weighted by Gasteiger charge is 2.06. The van der Waals surface area contributed by atoms with Gasteiger partial charge in [-0.1, -0.05) is 12.1 Å². The van der Waals surface area contributed by atoms with Crippen molar-refractivity contribution < 1.29 is 10.2 Å². The fourth-order valence-corrected chi connectivity index (χ4v) is 2.15. The number of phenols is 2. The standard InChI is InChI=1S/C18H20N2O2/c1-11-5-7-15(17(21)9-11)13(3)19-20-14(4)16-8-6-12(2)10-18(16)22/h5-10,21-22H,1-4H3. The van der Waals surface area contributed by atoms with E-state index in [0.717, 1.165) is 11.1 Å². The van der Waals surface area contributed by atoms with Gasteiger partial charge in [-0.2, -0.15) is 10.2 Å². The average Bonchev–Trinajstić information content (AvgIpc) is 2.44. The van der Waals surface area contributed by atoms with Gasteiger partial charge in [0.1, 0.15) is 11.5 Å². The highest BCUT2D eigenvalue weighted by molar-refractivity contribution is 6.04. The van der Waals surface area contributed by atoms with Crippen LogP contribution in [0.25, 0.3) is 0 Å². The molecule has 2 aromatic carbocycles. The molecule has 0 aliphatic rings. The minimum absolute atomic E-state index is 0.187. The van der Waals surface area contributed by atoms with Gasteiger partial charge in [0, 0.05) is 11.1 Å². The first kappa shape index (κ1) is 15.8. The highest BCUT2D eigenvalue weighted by atomic mass is 16.3. The second kappa shape index (κ2) is 6.43. The number of hydrogen-bond donors (Lipinski definition) is 2. The van der Waals surface area contributed by atoms with Crippen LogP contribution in [0.15, 0.2) is 46.6 Å². The summed E-state index contributed by atoms with van der Waals surface area (Å²) in [6, 6.07) is 10.8. The van der Waals surface area contributed by atoms with E-state index >= 15 is 0 Å². The van der Waals surface area contributed by atoms with Crippen molar-refractivity contribution in [2.75, 3.05) is 0 Å². The number of nitrogens with zero attached hydrogens (tertiary/aromatic N) is 2. The summed E-state index contributed by atoms with van der Waals surface area (Å²) in [7, 11) is 0. The third-order valence-electron chi connectivity index (χ3n) is 3.44. The van der Waals surface area contributed by atoms with Crippen LogP contribution < -0.4 is 0 Å². The molecule has 0 radical (unpaired) electrons. The lowest BCUT2D eigenvalue weighted by Crippen LogP contribution is -1.98. The summed E-state index contributed by atoms with van der Waals surface area (Å²) >= 11 is 0. The van der Waals surface area contributed by atoms with Gasteiger partial charge < -0.3 is 10.2 Å². The third-order valence-corrected chi connectivity index (χ3v) is 3.44. The van der Waals surface area contributed by atoms with Gasteiger partial charge in [0.05, 0.1) is 11.4 Å². The van der Waals surface area contributed by atoms with Gasteiger partial charge in [-0.3, -0.25) is 0 Å². The number of rotatable bonds is 3. The molecule has 0 heterocycles. The van der Waals surface area contributed by atoms with E-state index in [1.54, 1.807) is 26.0 Å². The second-order valence-electron chi connectivity index (χ2n) is 5.41. The molecule has 2 rings (SSSR count). The number of benzene rings is 2. The summed E-state index contributed by atoms with van der Waals surface area (Å²) in [5.41, 5.74) is 4.49. The minimum atomic E-state index is 0.187. The maximum absolute atomic E-state index is 9.95. The van der Waals surface area contributed by atoms with Crippen LogP contribution in [-0.4, -0.2) is 21.6 Å². The average molecular weight is 296 g/mol. The van der Waals surface area contributed by atoms with Gasteiger partial charge in [0.25, 0.3) is 0 Å². The Morgan fingerprint density at radius 2 is 1.09 bits per heavy atom. The molecule has 4 heteroatoms. The highest BCUT2D eigenvalue weighted by Crippen LogP contribution is 2.21. The Hall–Kier alpha value is -2.62. The van der Waals surface area contributed by atoms with Gasteiger partial charge in [0.15, 0.2) is 0 Å². The Kier molecular flexibility index (Phi) is 4.61. The molecule has 2 N–H and O–H groups in total. The van der Waals surface area contributed by atoms with E-state index in [4.69, 9.17) is 0 Å². The van der Waals surface area contributed by atoms with Crippen molar-refractivity contribution in [3.05, 3.63) is 58.7 Å². The van der Waals surface area contributed by atoms with Crippen LogP contribution in [0.2, 0.25) is 0 Å². The smallest absolute Gasteiger partial charge is 0.124 e. The molecule has 0 fully saturated rings. The first-order chi connectivity index (χ1) is 10.4. The van der Waals surface area contributed by atoms with Crippen LogP contribution in [0, 0.1) is 13.8 Å². The van der Waals surface area contributed by atoms with E-state index in [9.17, 15) is 10.2 Å². The second-order valence-corrected chi connectivity index (χ2v) is 5.41. The van der Waals surface area contributed by atoms with E-state index < -0.39 is 0 Å². The van der Waals surface area contributed by atoms with Gasteiger partial charge in [-0.05, 0) is 63.1 Å². The Bertz CT molecular complexity index is 696. The normalized spacial score (nSPS) is 12.5. The molecule has 0 amide bonds. The topological polar surface area (TPSA) is 65.2 Å². The Labute approximate surface area is 130 Å². The van der Waals surface area contributed by atoms with Crippen LogP contribution in [0.4, 0.5) is 0 Å². The molecule has 0 aliphatic carbocycles. The van der Waals surface area contributed by atoms with Crippen LogP contribution in [0.3, 0.4) is 0 Å². The number of phenolic OH excluding ortho intramolecular Hbond substituents is 2. The number of hydrogen-bond acceptors (Lipinski definition) is 4. The molecule has 114 valence electrons. The molecule has 0 saturated heterocycles. The zero-order chi connectivity index (χ0) is 16.3. The molecule has 0 atom stereocenters. The van der Waals surface area contributed by atoms with E-state index in [-0.39, 0.29) is 11.5 Å². The predicted molar refractivity (Wildman–Crippen MR) is 90.1 cm³/mol. The fraction of sp³-hybridized carbons (Fsp3) is 0.222. The molecule has 0 aromatic heterocycles. The zero-order valence-electron chi connectivity index (χ0n) is 13.3. The van der Waals surface area contributed by atoms with Crippen molar-refractivity contribution in [3.63, 3.8) is 0 Å². The van der Waals surface area contributed by atoms with Crippen molar-refractivity contribution in [1.82, 2.24) is 0 Å². The van der Waals surface area contributed by atoms with E-state index in [2.05, 4.69) is 10.2 Å². The fourth-order valence-electron chi connectivity index (χ4n) is 2.15. The molecule has 22 heavy (non-hydrogen) atoms. The maximum Gasteiger partial charge on any atom is 0.124 e. The number of aryl methyl sites for hydroxylation is 2. The Morgan fingerprint density at radius 1 is 0.727 bits per heavy atom. The van der Waals surface area contributed by atoms with E-state index in [0.29, 0.717) is 22.6 Å². The van der Waals surface area contributed by atoms with E-state index in [1.807, 2.05) is 38.1 Å². The van der Waals surface area contributed by atoms with Crippen LogP contribution >= 0.6 is 0 Å². The van der Waals surface area contributed by atoms with Crippen LogP contribution in [0.1, 0.15) is 36.1 Å². The summed E-state index contributed by atoms with van der Waals surface area (Å²) < 4.78 is 0. The molecule has 2 aromatic rings. The first-order valence-corrected chi connectivity index (χ1v) is 7.07. The van der Waals surface area contributed by atoms with Gasteiger partial charge in [-0.25, -0.2) is 0 Å². The molecular formula is C18H20N2O2. The summed E-state index contributed by atoms with van der Waals surface area (Å²) in [5.74, 6) is 0.375. The molecule has 0 bridgehead atoms. The maximum atomic E-state index is 9.95. The van der Waals surface area contributed by atoms with Crippen molar-refractivity contribution in [1.29, 1.82) is 0 Å². The van der Waals surface area contributed by atoms with Gasteiger partial charge >= 0.3 is 0 Å². The molecular weight excluding hydrogens is 276 g/mol. The summed E-state index contributed by atoms with van der Waals surface area (Å²) in [5, 5.41) is 28.2. The van der Waals surface area contributed by atoms with Crippen LogP contribution in [-0.2, 0) is 0 Å². The van der Waals surface area contributed by atoms with Crippen LogP contribution in [0.5, 0.6) is 11.5 Å². The zero-order valence-corrected chi connectivity index (χ0v) is 13.3. The SMILES string of the molecule is CC(=NN=C(C)c1ccc(C)cc1O)c1ccc(C)cc1O. The van der Waals surface area contributed by atoms with Crippen molar-refractivity contribution in [2.45, 2.75) is 27.7 Å². The minimum Gasteiger partial charge on any atom is -0.507 e. The summed E-state index contributed by atoms with van der Waals surface area (Å²) in [6.45, 7) is 7.41. The van der Waals surface area contributed by atoms with Gasteiger partial charge in [0.2, 0.25) is 0 Å².